The van der Waals surface area contributed by atoms with E-state index in [1.54, 1.807) is 6.07 Å². The molecule has 0 spiro atoms. The van der Waals surface area contributed by atoms with E-state index >= 15 is 0 Å². The van der Waals surface area contributed by atoms with E-state index in [9.17, 15) is 9.90 Å². The van der Waals surface area contributed by atoms with Crippen molar-refractivity contribution in [3.05, 3.63) is 28.8 Å². The van der Waals surface area contributed by atoms with Gasteiger partial charge in [0.05, 0.1) is 10.7 Å². The van der Waals surface area contributed by atoms with Crippen LogP contribution in [0, 0.1) is 11.8 Å². The van der Waals surface area contributed by atoms with Crippen molar-refractivity contribution in [2.24, 2.45) is 11.8 Å². The van der Waals surface area contributed by atoms with Gasteiger partial charge in [-0.1, -0.05) is 31.5 Å². The fourth-order valence-corrected chi connectivity index (χ4v) is 2.79. The van der Waals surface area contributed by atoms with Crippen molar-refractivity contribution < 1.29 is 9.90 Å². The Morgan fingerprint density at radius 3 is 2.78 bits per heavy atom. The Kier molecular flexibility index (Phi) is 3.81. The average molecular weight is 268 g/mol. The number of hydrogen-bond donors (Lipinski definition) is 1. The molecule has 1 aromatic carbocycles. The van der Waals surface area contributed by atoms with Gasteiger partial charge in [-0.05, 0) is 30.4 Å². The molecule has 1 fully saturated rings. The van der Waals surface area contributed by atoms with E-state index in [0.717, 1.165) is 25.2 Å². The standard InChI is InChI=1S/C14H18ClNO2/c1-9(2)10-6-7-16(8-10)12-5-3-4-11(15)13(12)14(17)18/h3-5,9-10H,6-8H2,1-2H3,(H,17,18). The van der Waals surface area contributed by atoms with Crippen molar-refractivity contribution in [1.29, 1.82) is 0 Å². The predicted octanol–water partition coefficient (Wildman–Crippen LogP) is 3.52. The summed E-state index contributed by atoms with van der Waals surface area (Å²) in [7, 11) is 0. The number of hydrogen-bond acceptors (Lipinski definition) is 2. The first-order chi connectivity index (χ1) is 8.50. The molecule has 1 aliphatic heterocycles. The Morgan fingerprint density at radius 1 is 1.50 bits per heavy atom. The number of carboxylic acids is 1. The third-order valence-electron chi connectivity index (χ3n) is 3.71. The first-order valence-corrected chi connectivity index (χ1v) is 6.65. The highest BCUT2D eigenvalue weighted by Crippen LogP contribution is 2.33. The first-order valence-electron chi connectivity index (χ1n) is 6.27. The monoisotopic (exact) mass is 267 g/mol. The van der Waals surface area contributed by atoms with E-state index in [1.807, 2.05) is 12.1 Å². The Balaban J connectivity index is 2.30. The van der Waals surface area contributed by atoms with Crippen molar-refractivity contribution in [2.45, 2.75) is 20.3 Å². The van der Waals surface area contributed by atoms with Gasteiger partial charge in [0.2, 0.25) is 0 Å². The second-order valence-electron chi connectivity index (χ2n) is 5.18. The van der Waals surface area contributed by atoms with Gasteiger partial charge in [-0.25, -0.2) is 4.79 Å². The van der Waals surface area contributed by atoms with Gasteiger partial charge in [-0.3, -0.25) is 0 Å². The molecule has 1 unspecified atom stereocenters. The maximum atomic E-state index is 11.3. The molecule has 1 aromatic rings. The maximum Gasteiger partial charge on any atom is 0.339 e. The number of rotatable bonds is 3. The average Bonchev–Trinajstić information content (AvgIpc) is 2.77. The van der Waals surface area contributed by atoms with Crippen LogP contribution in [-0.2, 0) is 0 Å². The molecule has 1 N–H and O–H groups in total. The minimum Gasteiger partial charge on any atom is -0.478 e. The lowest BCUT2D eigenvalue weighted by Gasteiger charge is -2.22. The lowest BCUT2D eigenvalue weighted by atomic mass is 9.95. The smallest absolute Gasteiger partial charge is 0.339 e. The molecule has 0 aromatic heterocycles. The molecule has 98 valence electrons. The minimum absolute atomic E-state index is 0.226. The molecule has 18 heavy (non-hydrogen) atoms. The van der Waals surface area contributed by atoms with Crippen LogP contribution in [0.4, 0.5) is 5.69 Å². The number of carboxylic acid groups (broad SMARTS) is 1. The molecule has 0 amide bonds. The summed E-state index contributed by atoms with van der Waals surface area (Å²) in [6.07, 6.45) is 1.11. The Bertz CT molecular complexity index is 459. The zero-order chi connectivity index (χ0) is 13.3. The molecule has 0 radical (unpaired) electrons. The van der Waals surface area contributed by atoms with Crippen molar-refractivity contribution in [3.8, 4) is 0 Å². The normalized spacial score (nSPS) is 19.6. The molecule has 1 atom stereocenters. The minimum atomic E-state index is -0.955. The molecular weight excluding hydrogens is 250 g/mol. The quantitative estimate of drug-likeness (QED) is 0.911. The summed E-state index contributed by atoms with van der Waals surface area (Å²) >= 11 is 5.99. The van der Waals surface area contributed by atoms with Crippen LogP contribution >= 0.6 is 11.6 Å². The van der Waals surface area contributed by atoms with Crippen LogP contribution in [0.5, 0.6) is 0 Å². The van der Waals surface area contributed by atoms with Gasteiger partial charge in [0.15, 0.2) is 0 Å². The van der Waals surface area contributed by atoms with Gasteiger partial charge in [0.1, 0.15) is 5.56 Å². The molecule has 0 saturated carbocycles. The number of aromatic carboxylic acids is 1. The van der Waals surface area contributed by atoms with Crippen LogP contribution in [0.15, 0.2) is 18.2 Å². The molecule has 1 saturated heterocycles. The fourth-order valence-electron chi connectivity index (χ4n) is 2.54. The zero-order valence-corrected chi connectivity index (χ0v) is 11.4. The third-order valence-corrected chi connectivity index (χ3v) is 4.03. The summed E-state index contributed by atoms with van der Waals surface area (Å²) in [5, 5.41) is 9.58. The van der Waals surface area contributed by atoms with E-state index in [2.05, 4.69) is 18.7 Å². The predicted molar refractivity (Wildman–Crippen MR) is 73.6 cm³/mol. The van der Waals surface area contributed by atoms with Crippen molar-refractivity contribution in [2.75, 3.05) is 18.0 Å². The number of anilines is 1. The van der Waals surface area contributed by atoms with Gasteiger partial charge in [-0.2, -0.15) is 0 Å². The Hall–Kier alpha value is -1.22. The van der Waals surface area contributed by atoms with Crippen molar-refractivity contribution in [3.63, 3.8) is 0 Å². The highest BCUT2D eigenvalue weighted by atomic mass is 35.5. The number of halogens is 1. The van der Waals surface area contributed by atoms with Crippen LogP contribution < -0.4 is 4.90 Å². The lowest BCUT2D eigenvalue weighted by Crippen LogP contribution is -2.23. The summed E-state index contributed by atoms with van der Waals surface area (Å²) in [5.41, 5.74) is 0.974. The molecule has 1 aliphatic rings. The Morgan fingerprint density at radius 2 is 2.22 bits per heavy atom. The molecular formula is C14H18ClNO2. The van der Waals surface area contributed by atoms with Gasteiger partial charge in [-0.15, -0.1) is 0 Å². The summed E-state index contributed by atoms with van der Waals surface area (Å²) < 4.78 is 0. The lowest BCUT2D eigenvalue weighted by molar-refractivity contribution is 0.0698. The van der Waals surface area contributed by atoms with E-state index in [0.29, 0.717) is 16.9 Å². The van der Waals surface area contributed by atoms with E-state index in [-0.39, 0.29) is 5.56 Å². The highest BCUT2D eigenvalue weighted by Gasteiger charge is 2.28. The fraction of sp³-hybridized carbons (Fsp3) is 0.500. The molecule has 3 nitrogen and oxygen atoms in total. The van der Waals surface area contributed by atoms with Crippen LogP contribution in [-0.4, -0.2) is 24.2 Å². The van der Waals surface area contributed by atoms with Crippen molar-refractivity contribution >= 4 is 23.3 Å². The number of carbonyl (C=O) groups is 1. The van der Waals surface area contributed by atoms with E-state index < -0.39 is 5.97 Å². The SMILES string of the molecule is CC(C)C1CCN(c2cccc(Cl)c2C(=O)O)C1. The summed E-state index contributed by atoms with van der Waals surface area (Å²) in [4.78, 5) is 13.4. The van der Waals surface area contributed by atoms with Gasteiger partial charge >= 0.3 is 5.97 Å². The maximum absolute atomic E-state index is 11.3. The van der Waals surface area contributed by atoms with Gasteiger partial charge < -0.3 is 10.0 Å². The molecule has 2 rings (SSSR count). The molecule has 1 heterocycles. The topological polar surface area (TPSA) is 40.5 Å². The van der Waals surface area contributed by atoms with E-state index in [1.165, 1.54) is 0 Å². The summed E-state index contributed by atoms with van der Waals surface area (Å²) in [6.45, 7) is 6.25. The largest absolute Gasteiger partial charge is 0.478 e. The number of nitrogens with zero attached hydrogens (tertiary/aromatic N) is 1. The second kappa shape index (κ2) is 5.19. The second-order valence-corrected chi connectivity index (χ2v) is 5.59. The van der Waals surface area contributed by atoms with E-state index in [4.69, 9.17) is 11.6 Å². The Labute approximate surface area is 112 Å². The number of benzene rings is 1. The molecule has 0 bridgehead atoms. The summed E-state index contributed by atoms with van der Waals surface area (Å²) in [5.74, 6) is 0.302. The van der Waals surface area contributed by atoms with Gasteiger partial charge in [0.25, 0.3) is 0 Å². The zero-order valence-electron chi connectivity index (χ0n) is 10.7. The highest BCUT2D eigenvalue weighted by molar-refractivity contribution is 6.34. The molecule has 0 aliphatic carbocycles. The van der Waals surface area contributed by atoms with Gasteiger partial charge in [0, 0.05) is 13.1 Å². The summed E-state index contributed by atoms with van der Waals surface area (Å²) in [6, 6.07) is 5.29. The molecule has 4 heteroatoms. The van der Waals surface area contributed by atoms with Crippen LogP contribution in [0.2, 0.25) is 5.02 Å². The first kappa shape index (κ1) is 13.2. The third kappa shape index (κ3) is 2.46. The van der Waals surface area contributed by atoms with Crippen LogP contribution in [0.3, 0.4) is 0 Å². The van der Waals surface area contributed by atoms with Crippen LogP contribution in [0.25, 0.3) is 0 Å². The van der Waals surface area contributed by atoms with Crippen molar-refractivity contribution in [1.82, 2.24) is 0 Å². The van der Waals surface area contributed by atoms with Crippen LogP contribution in [0.1, 0.15) is 30.6 Å².